The fraction of sp³-hybridized carbons (Fsp3) is 0.167. The molecule has 0 spiro atoms. The summed E-state index contributed by atoms with van der Waals surface area (Å²) < 4.78 is 4.90. The normalized spacial score (nSPS) is 9.62. The van der Waals surface area contributed by atoms with Crippen molar-refractivity contribution in [2.45, 2.75) is 6.92 Å². The van der Waals surface area contributed by atoms with E-state index in [-0.39, 0.29) is 0 Å². The van der Waals surface area contributed by atoms with E-state index in [0.29, 0.717) is 24.0 Å². The SMILES string of the molecule is COc1cc(C)nc(N)[nH+]1.O=[N+]([O-])c1cc([N+](=O)[O-])c([O-])c([N+](=O)[O-])c1. The van der Waals surface area contributed by atoms with Crippen LogP contribution in [-0.2, 0) is 0 Å². The van der Waals surface area contributed by atoms with Crippen molar-refractivity contribution in [1.29, 1.82) is 0 Å². The van der Waals surface area contributed by atoms with Crippen molar-refractivity contribution in [2.24, 2.45) is 0 Å². The zero-order chi connectivity index (χ0) is 20.0. The first-order chi connectivity index (χ1) is 12.1. The molecule has 14 heteroatoms. The van der Waals surface area contributed by atoms with E-state index >= 15 is 0 Å². The second-order valence-electron chi connectivity index (χ2n) is 4.56. The Bertz CT molecular complexity index is 816. The number of nitrogens with two attached hydrogens (primary N) is 1. The van der Waals surface area contributed by atoms with Crippen molar-refractivity contribution in [3.63, 3.8) is 0 Å². The van der Waals surface area contributed by atoms with Crippen molar-refractivity contribution in [1.82, 2.24) is 4.98 Å². The third-order valence-corrected chi connectivity index (χ3v) is 2.75. The van der Waals surface area contributed by atoms with Crippen molar-refractivity contribution in [3.8, 4) is 11.6 Å². The highest BCUT2D eigenvalue weighted by molar-refractivity contribution is 5.63. The molecule has 14 nitrogen and oxygen atoms in total. The van der Waals surface area contributed by atoms with Gasteiger partial charge in [-0.25, -0.2) is 4.98 Å². The molecule has 0 bridgehead atoms. The summed E-state index contributed by atoms with van der Waals surface area (Å²) in [5.41, 5.74) is 2.97. The minimum absolute atomic E-state index is 0.372. The number of non-ortho nitro benzene ring substituents is 1. The van der Waals surface area contributed by atoms with Crippen molar-refractivity contribution >= 4 is 23.0 Å². The zero-order valence-corrected chi connectivity index (χ0v) is 13.4. The molecule has 2 aromatic rings. The van der Waals surface area contributed by atoms with Crippen LogP contribution >= 0.6 is 0 Å². The molecule has 2 rings (SSSR count). The number of aromatic nitrogens is 2. The van der Waals surface area contributed by atoms with Crippen LogP contribution in [0, 0.1) is 37.3 Å². The molecule has 0 fully saturated rings. The predicted octanol–water partition coefficient (Wildman–Crippen LogP) is 0.280. The van der Waals surface area contributed by atoms with E-state index in [0.717, 1.165) is 5.69 Å². The van der Waals surface area contributed by atoms with E-state index in [2.05, 4.69) is 9.97 Å². The van der Waals surface area contributed by atoms with Crippen molar-refractivity contribution < 1.29 is 29.6 Å². The van der Waals surface area contributed by atoms with Gasteiger partial charge in [0.2, 0.25) is 0 Å². The Kier molecular flexibility index (Phi) is 6.24. The number of nitrogens with zero attached hydrogens (tertiary/aromatic N) is 4. The highest BCUT2D eigenvalue weighted by Crippen LogP contribution is 2.36. The van der Waals surface area contributed by atoms with Crippen LogP contribution in [0.1, 0.15) is 5.69 Å². The van der Waals surface area contributed by atoms with Gasteiger partial charge < -0.3 is 9.84 Å². The molecule has 0 aliphatic heterocycles. The second kappa shape index (κ2) is 8.13. The van der Waals surface area contributed by atoms with Gasteiger partial charge in [-0.15, -0.1) is 0 Å². The number of aryl methyl sites for hydroxylation is 1. The Morgan fingerprint density at radius 2 is 1.54 bits per heavy atom. The van der Waals surface area contributed by atoms with Gasteiger partial charge in [0.15, 0.2) is 0 Å². The van der Waals surface area contributed by atoms with Gasteiger partial charge in [0.25, 0.3) is 22.9 Å². The maximum atomic E-state index is 11.1. The van der Waals surface area contributed by atoms with Gasteiger partial charge in [-0.05, 0) is 6.92 Å². The van der Waals surface area contributed by atoms with Crippen LogP contribution in [0.3, 0.4) is 0 Å². The third-order valence-electron chi connectivity index (χ3n) is 2.75. The number of hydrogen-bond donors (Lipinski definition) is 1. The zero-order valence-electron chi connectivity index (χ0n) is 13.4. The van der Waals surface area contributed by atoms with E-state index in [1.54, 1.807) is 13.2 Å². The summed E-state index contributed by atoms with van der Waals surface area (Å²) in [6.07, 6.45) is 0. The Morgan fingerprint density at radius 1 is 1.04 bits per heavy atom. The second-order valence-corrected chi connectivity index (χ2v) is 4.56. The van der Waals surface area contributed by atoms with E-state index < -0.39 is 37.6 Å². The van der Waals surface area contributed by atoms with E-state index in [1.165, 1.54) is 0 Å². The molecule has 1 heterocycles. The average Bonchev–Trinajstić information content (AvgIpc) is 2.53. The number of aromatic amines is 1. The van der Waals surface area contributed by atoms with Crippen molar-refractivity contribution in [2.75, 3.05) is 12.8 Å². The lowest BCUT2D eigenvalue weighted by atomic mass is 10.2. The lowest BCUT2D eigenvalue weighted by Gasteiger charge is -2.06. The predicted molar refractivity (Wildman–Crippen MR) is 82.3 cm³/mol. The molecular formula is C12H12N6O8. The lowest BCUT2D eigenvalue weighted by molar-refractivity contribution is -0.420. The fourth-order valence-corrected chi connectivity index (χ4v) is 1.67. The quantitative estimate of drug-likeness (QED) is 0.574. The number of anilines is 1. The van der Waals surface area contributed by atoms with Crippen LogP contribution in [0.2, 0.25) is 0 Å². The van der Waals surface area contributed by atoms with Crippen LogP contribution in [-0.4, -0.2) is 26.9 Å². The van der Waals surface area contributed by atoms with Crippen LogP contribution in [0.25, 0.3) is 0 Å². The molecule has 138 valence electrons. The Hall–Kier alpha value is -4.10. The van der Waals surface area contributed by atoms with E-state index in [9.17, 15) is 35.4 Å². The van der Waals surface area contributed by atoms with Crippen LogP contribution in [0.15, 0.2) is 18.2 Å². The number of methoxy groups -OCH3 is 1. The smallest absolute Gasteiger partial charge is 0.389 e. The molecule has 1 aromatic carbocycles. The molecule has 3 N–H and O–H groups in total. The molecule has 0 aliphatic rings. The molecule has 0 amide bonds. The third kappa shape index (κ3) is 4.95. The van der Waals surface area contributed by atoms with Crippen LogP contribution in [0.4, 0.5) is 23.0 Å². The number of benzene rings is 1. The Morgan fingerprint density at radius 3 is 1.88 bits per heavy atom. The molecule has 0 atom stereocenters. The molecular weight excluding hydrogens is 356 g/mol. The Balaban J connectivity index is 0.000000289. The van der Waals surface area contributed by atoms with Crippen LogP contribution in [0.5, 0.6) is 11.6 Å². The first-order valence-corrected chi connectivity index (χ1v) is 6.55. The average molecular weight is 368 g/mol. The fourth-order valence-electron chi connectivity index (χ4n) is 1.67. The number of nitrogens with one attached hydrogen (secondary N) is 1. The maximum Gasteiger partial charge on any atom is 0.389 e. The Labute approximate surface area is 144 Å². The lowest BCUT2D eigenvalue weighted by Crippen LogP contribution is -2.15. The first-order valence-electron chi connectivity index (χ1n) is 6.55. The highest BCUT2D eigenvalue weighted by Gasteiger charge is 2.24. The largest absolute Gasteiger partial charge is 0.863 e. The summed E-state index contributed by atoms with van der Waals surface area (Å²) in [4.78, 5) is 34.2. The summed E-state index contributed by atoms with van der Waals surface area (Å²) in [5.74, 6) is -0.456. The summed E-state index contributed by atoms with van der Waals surface area (Å²) >= 11 is 0. The summed E-state index contributed by atoms with van der Waals surface area (Å²) in [6, 6.07) is 2.54. The molecule has 26 heavy (non-hydrogen) atoms. The number of nitro benzene ring substituents is 3. The molecule has 0 unspecified atom stereocenters. The van der Waals surface area contributed by atoms with Gasteiger partial charge >= 0.3 is 5.95 Å². The van der Waals surface area contributed by atoms with Gasteiger partial charge in [-0.3, -0.25) is 36.1 Å². The van der Waals surface area contributed by atoms with Gasteiger partial charge in [0, 0.05) is 0 Å². The molecule has 0 saturated carbocycles. The number of hydrogen-bond acceptors (Lipinski definition) is 10. The molecule has 0 aliphatic carbocycles. The van der Waals surface area contributed by atoms with E-state index in [1.807, 2.05) is 6.92 Å². The van der Waals surface area contributed by atoms with Gasteiger partial charge in [0.05, 0.1) is 45.8 Å². The summed E-state index contributed by atoms with van der Waals surface area (Å²) in [6.45, 7) is 1.85. The highest BCUT2D eigenvalue weighted by atomic mass is 16.6. The van der Waals surface area contributed by atoms with Crippen LogP contribution < -0.4 is 20.6 Å². The topological polar surface area (TPSA) is 215 Å². The number of rotatable bonds is 4. The monoisotopic (exact) mass is 368 g/mol. The minimum Gasteiger partial charge on any atom is -0.863 e. The number of nitro groups is 3. The van der Waals surface area contributed by atoms with Gasteiger partial charge in [0.1, 0.15) is 5.69 Å². The van der Waals surface area contributed by atoms with Gasteiger partial charge in [-0.2, -0.15) is 0 Å². The first kappa shape index (κ1) is 19.9. The van der Waals surface area contributed by atoms with E-state index in [4.69, 9.17) is 10.5 Å². The standard InChI is InChI=1S/C6H3N3O7.C6H9N3O/c10-6-4(8(13)14)1-3(7(11)12)2-5(6)9(15)16;1-4-3-5(10-2)9-6(7)8-4/h1-2,10H;3H,1-2H3,(H2,7,8,9). The summed E-state index contributed by atoms with van der Waals surface area (Å²) in [7, 11) is 1.57. The maximum absolute atomic E-state index is 11.1. The number of ether oxygens (including phenoxy) is 1. The molecule has 0 saturated heterocycles. The number of H-pyrrole nitrogens is 1. The minimum atomic E-state index is -1.46. The van der Waals surface area contributed by atoms with Gasteiger partial charge in [-0.1, -0.05) is 4.98 Å². The molecule has 1 aromatic heterocycles. The number of nitrogen functional groups attached to an aromatic ring is 1. The van der Waals surface area contributed by atoms with Crippen molar-refractivity contribution in [3.05, 3.63) is 54.2 Å². The molecule has 0 radical (unpaired) electrons. The summed E-state index contributed by atoms with van der Waals surface area (Å²) in [5, 5.41) is 42.1.